The number of pyridine rings is 1. The monoisotopic (exact) mass is 514 g/mol. The van der Waals surface area contributed by atoms with Crippen LogP contribution in [0.3, 0.4) is 0 Å². The Morgan fingerprint density at radius 3 is 2.43 bits per heavy atom. The molecular formula is C25H31ClN6O2S. The molecule has 0 aliphatic heterocycles. The Kier molecular flexibility index (Phi) is 8.20. The van der Waals surface area contributed by atoms with E-state index in [0.29, 0.717) is 30.1 Å². The smallest absolute Gasteiger partial charge is 0.263 e. The second-order valence-electron chi connectivity index (χ2n) is 8.89. The van der Waals surface area contributed by atoms with Crippen molar-refractivity contribution in [3.63, 3.8) is 0 Å². The third kappa shape index (κ3) is 6.68. The molecule has 0 radical (unpaired) electrons. The highest BCUT2D eigenvalue weighted by atomic mass is 35.5. The van der Waals surface area contributed by atoms with Crippen LogP contribution >= 0.6 is 11.6 Å². The van der Waals surface area contributed by atoms with Gasteiger partial charge in [0, 0.05) is 30.2 Å². The lowest BCUT2D eigenvalue weighted by atomic mass is 9.92. The first-order chi connectivity index (χ1) is 16.8. The van der Waals surface area contributed by atoms with Gasteiger partial charge in [0.2, 0.25) is 5.95 Å². The summed E-state index contributed by atoms with van der Waals surface area (Å²) in [5.74, 6) is 0.650. The van der Waals surface area contributed by atoms with Crippen LogP contribution in [0.1, 0.15) is 49.4 Å². The first-order valence-electron chi connectivity index (χ1n) is 11.9. The molecular weight excluding hydrogens is 484 g/mol. The van der Waals surface area contributed by atoms with Gasteiger partial charge in [-0.15, -0.1) is 0 Å². The second-order valence-corrected chi connectivity index (χ2v) is 10.9. The van der Waals surface area contributed by atoms with E-state index in [1.807, 2.05) is 25.4 Å². The molecule has 186 valence electrons. The molecule has 0 spiro atoms. The lowest BCUT2D eigenvalue weighted by Crippen LogP contribution is -2.33. The minimum atomic E-state index is -3.81. The minimum Gasteiger partial charge on any atom is -0.351 e. The zero-order valence-electron chi connectivity index (χ0n) is 19.7. The van der Waals surface area contributed by atoms with Crippen LogP contribution in [0, 0.1) is 0 Å². The van der Waals surface area contributed by atoms with Crippen LogP contribution in [-0.4, -0.2) is 35.5 Å². The summed E-state index contributed by atoms with van der Waals surface area (Å²) in [5.41, 5.74) is 9.32. The number of benzene rings is 1. The van der Waals surface area contributed by atoms with E-state index in [0.717, 1.165) is 55.3 Å². The largest absolute Gasteiger partial charge is 0.351 e. The zero-order valence-corrected chi connectivity index (χ0v) is 21.3. The molecule has 2 aromatic heterocycles. The van der Waals surface area contributed by atoms with Crippen LogP contribution in [0.2, 0.25) is 5.02 Å². The molecule has 35 heavy (non-hydrogen) atoms. The van der Waals surface area contributed by atoms with Gasteiger partial charge in [-0.25, -0.2) is 18.4 Å². The van der Waals surface area contributed by atoms with Gasteiger partial charge < -0.3 is 11.1 Å². The number of aromatic nitrogens is 3. The maximum Gasteiger partial charge on any atom is 0.263 e. The summed E-state index contributed by atoms with van der Waals surface area (Å²) in [6.07, 6.45) is 11.6. The van der Waals surface area contributed by atoms with Crippen molar-refractivity contribution >= 4 is 33.3 Å². The molecule has 0 bridgehead atoms. The van der Waals surface area contributed by atoms with Crippen molar-refractivity contribution in [2.45, 2.75) is 68.8 Å². The van der Waals surface area contributed by atoms with E-state index in [2.05, 4.69) is 25.0 Å². The number of aryl methyl sites for hydroxylation is 3. The molecule has 1 aliphatic carbocycles. The molecule has 0 saturated heterocycles. The van der Waals surface area contributed by atoms with Crippen molar-refractivity contribution in [1.29, 1.82) is 0 Å². The summed E-state index contributed by atoms with van der Waals surface area (Å²) in [7, 11) is -3.81. The number of rotatable bonds is 9. The van der Waals surface area contributed by atoms with E-state index >= 15 is 0 Å². The molecule has 1 fully saturated rings. The molecule has 0 atom stereocenters. The van der Waals surface area contributed by atoms with Crippen LogP contribution in [0.5, 0.6) is 0 Å². The van der Waals surface area contributed by atoms with Crippen molar-refractivity contribution in [3.05, 3.63) is 70.8 Å². The van der Waals surface area contributed by atoms with Gasteiger partial charge in [-0.05, 0) is 74.3 Å². The fourth-order valence-corrected chi connectivity index (χ4v) is 5.82. The second kappa shape index (κ2) is 11.3. The number of sulfonamides is 1. The molecule has 0 unspecified atom stereocenters. The lowest BCUT2D eigenvalue weighted by molar-refractivity contribution is 0.410. The molecule has 8 nitrogen and oxygen atoms in total. The van der Waals surface area contributed by atoms with Crippen molar-refractivity contribution in [2.24, 2.45) is 5.73 Å². The van der Waals surface area contributed by atoms with Crippen LogP contribution in [0.4, 0.5) is 11.6 Å². The Morgan fingerprint density at radius 1 is 1.03 bits per heavy atom. The van der Waals surface area contributed by atoms with Gasteiger partial charge in [-0.2, -0.15) is 0 Å². The number of nitrogens with one attached hydrogen (secondary N) is 2. The summed E-state index contributed by atoms with van der Waals surface area (Å²) < 4.78 is 28.1. The van der Waals surface area contributed by atoms with E-state index < -0.39 is 10.0 Å². The SMILES string of the molecule is CCc1cc(NS(=O)(=O)c2ccccc2Cl)cnc1CCc1cnc(NC2CCC(N)CC2)nc1. The van der Waals surface area contributed by atoms with Crippen molar-refractivity contribution in [3.8, 4) is 0 Å². The van der Waals surface area contributed by atoms with Crippen molar-refractivity contribution < 1.29 is 8.42 Å². The average Bonchev–Trinajstić information content (AvgIpc) is 2.85. The molecule has 1 aromatic carbocycles. The first kappa shape index (κ1) is 25.3. The summed E-state index contributed by atoms with van der Waals surface area (Å²) in [4.78, 5) is 13.5. The summed E-state index contributed by atoms with van der Waals surface area (Å²) in [6, 6.07) is 8.87. The highest BCUT2D eigenvalue weighted by Crippen LogP contribution is 2.24. The van der Waals surface area contributed by atoms with Gasteiger partial charge in [0.15, 0.2) is 0 Å². The molecule has 1 saturated carbocycles. The Hall–Kier alpha value is -2.75. The van der Waals surface area contributed by atoms with Gasteiger partial charge in [0.25, 0.3) is 10.0 Å². The van der Waals surface area contributed by atoms with E-state index in [1.165, 1.54) is 6.07 Å². The summed E-state index contributed by atoms with van der Waals surface area (Å²) in [5, 5.41) is 3.58. The number of nitrogens with two attached hydrogens (primary N) is 1. The van der Waals surface area contributed by atoms with E-state index in [9.17, 15) is 8.42 Å². The highest BCUT2D eigenvalue weighted by molar-refractivity contribution is 7.92. The fraction of sp³-hybridized carbons (Fsp3) is 0.400. The molecule has 0 amide bonds. The number of hydrogen-bond acceptors (Lipinski definition) is 7. The van der Waals surface area contributed by atoms with Gasteiger partial charge in [-0.3, -0.25) is 9.71 Å². The Morgan fingerprint density at radius 2 is 1.74 bits per heavy atom. The predicted molar refractivity (Wildman–Crippen MR) is 139 cm³/mol. The lowest BCUT2D eigenvalue weighted by Gasteiger charge is -2.26. The van der Waals surface area contributed by atoms with Gasteiger partial charge >= 0.3 is 0 Å². The fourth-order valence-electron chi connectivity index (χ4n) is 4.27. The Labute approximate surface area is 211 Å². The average molecular weight is 515 g/mol. The number of nitrogens with zero attached hydrogens (tertiary/aromatic N) is 3. The quantitative estimate of drug-likeness (QED) is 0.387. The maximum absolute atomic E-state index is 12.7. The predicted octanol–water partition coefficient (Wildman–Crippen LogP) is 4.36. The highest BCUT2D eigenvalue weighted by Gasteiger charge is 2.20. The van der Waals surface area contributed by atoms with Crippen molar-refractivity contribution in [1.82, 2.24) is 15.0 Å². The van der Waals surface area contributed by atoms with Crippen LogP contribution in [-0.2, 0) is 29.3 Å². The van der Waals surface area contributed by atoms with Gasteiger partial charge in [0.1, 0.15) is 4.90 Å². The first-order valence-corrected chi connectivity index (χ1v) is 13.8. The maximum atomic E-state index is 12.7. The summed E-state index contributed by atoms with van der Waals surface area (Å²) in [6.45, 7) is 2.02. The van der Waals surface area contributed by atoms with Crippen LogP contribution < -0.4 is 15.8 Å². The van der Waals surface area contributed by atoms with E-state index in [1.54, 1.807) is 24.4 Å². The van der Waals surface area contributed by atoms with Crippen molar-refractivity contribution in [2.75, 3.05) is 10.0 Å². The zero-order chi connectivity index (χ0) is 24.8. The van der Waals surface area contributed by atoms with Gasteiger partial charge in [0.05, 0.1) is 16.9 Å². The van der Waals surface area contributed by atoms with E-state index in [4.69, 9.17) is 17.3 Å². The van der Waals surface area contributed by atoms with E-state index in [-0.39, 0.29) is 9.92 Å². The molecule has 4 N–H and O–H groups in total. The van der Waals surface area contributed by atoms with Gasteiger partial charge in [-0.1, -0.05) is 30.7 Å². The standard InChI is InChI=1S/C25H31ClN6O2S/c1-2-18-13-21(32-35(33,34)24-6-4-3-5-22(24)26)16-28-23(18)12-7-17-14-29-25(30-15-17)31-20-10-8-19(27)9-11-20/h3-6,13-16,19-20,32H,2,7-12,27H2,1H3,(H,29,30,31). The molecule has 10 heteroatoms. The van der Waals surface area contributed by atoms with Crippen LogP contribution in [0.25, 0.3) is 0 Å². The number of hydrogen-bond donors (Lipinski definition) is 3. The topological polar surface area (TPSA) is 123 Å². The molecule has 4 rings (SSSR count). The third-order valence-electron chi connectivity index (χ3n) is 6.28. The summed E-state index contributed by atoms with van der Waals surface area (Å²) >= 11 is 6.07. The Bertz CT molecular complexity index is 1250. The minimum absolute atomic E-state index is 0.0359. The molecule has 2 heterocycles. The molecule has 3 aromatic rings. The normalized spacial score (nSPS) is 18.3. The molecule has 1 aliphatic rings. The number of anilines is 2. The van der Waals surface area contributed by atoms with Crippen LogP contribution in [0.15, 0.2) is 53.8 Å². The number of halogens is 1. The third-order valence-corrected chi connectivity index (χ3v) is 8.16. The Balaban J connectivity index is 1.37.